The van der Waals surface area contributed by atoms with Crippen molar-refractivity contribution in [1.82, 2.24) is 0 Å². The minimum Gasteiger partial charge on any atom is -0.375 e. The fraction of sp³-hybridized carbons (Fsp3) is 0.923. The summed E-state index contributed by atoms with van der Waals surface area (Å²) in [6, 6.07) is 0. The molecule has 1 aliphatic carbocycles. The first-order valence-corrected chi connectivity index (χ1v) is 6.13. The Morgan fingerprint density at radius 2 is 2.00 bits per heavy atom. The van der Waals surface area contributed by atoms with Crippen LogP contribution in [0.3, 0.4) is 0 Å². The first kappa shape index (κ1) is 12.7. The van der Waals surface area contributed by atoms with Crippen molar-refractivity contribution in [3.8, 4) is 0 Å². The van der Waals surface area contributed by atoms with Crippen molar-refractivity contribution < 1.29 is 9.53 Å². The van der Waals surface area contributed by atoms with Gasteiger partial charge in [-0.05, 0) is 32.6 Å². The lowest BCUT2D eigenvalue weighted by atomic mass is 9.67. The van der Waals surface area contributed by atoms with Gasteiger partial charge in [0.1, 0.15) is 5.78 Å². The average Bonchev–Trinajstić information content (AvgIpc) is 2.22. The zero-order chi connectivity index (χ0) is 11.5. The first-order valence-electron chi connectivity index (χ1n) is 6.13. The molecule has 1 fully saturated rings. The summed E-state index contributed by atoms with van der Waals surface area (Å²) in [4.78, 5) is 11.9. The molecule has 2 atom stereocenters. The van der Waals surface area contributed by atoms with Crippen LogP contribution >= 0.6 is 0 Å². The smallest absolute Gasteiger partial charge is 0.138 e. The molecule has 0 radical (unpaired) electrons. The maximum Gasteiger partial charge on any atom is 0.138 e. The topological polar surface area (TPSA) is 26.3 Å². The number of hydrogen-bond acceptors (Lipinski definition) is 2. The Balaban J connectivity index is 2.68. The van der Waals surface area contributed by atoms with E-state index in [0.29, 0.717) is 12.2 Å². The lowest BCUT2D eigenvalue weighted by molar-refractivity contribution is -0.145. The standard InChI is InChI=1S/C13H24O2/c1-5-9-15-13(4)8-7-11(14)12(3,6-2)10-13/h5-10H2,1-4H3. The van der Waals surface area contributed by atoms with E-state index in [1.54, 1.807) is 0 Å². The third-order valence-electron chi connectivity index (χ3n) is 3.75. The van der Waals surface area contributed by atoms with Gasteiger partial charge in [-0.1, -0.05) is 20.8 Å². The molecule has 88 valence electrons. The van der Waals surface area contributed by atoms with Gasteiger partial charge in [0.2, 0.25) is 0 Å². The molecule has 0 amide bonds. The Morgan fingerprint density at radius 1 is 1.33 bits per heavy atom. The second-order valence-electron chi connectivity index (χ2n) is 5.31. The quantitative estimate of drug-likeness (QED) is 0.714. The summed E-state index contributed by atoms with van der Waals surface area (Å²) in [5, 5.41) is 0. The molecule has 0 aromatic rings. The summed E-state index contributed by atoms with van der Waals surface area (Å²) < 4.78 is 5.91. The van der Waals surface area contributed by atoms with E-state index >= 15 is 0 Å². The molecule has 0 bridgehead atoms. The maximum absolute atomic E-state index is 11.9. The summed E-state index contributed by atoms with van der Waals surface area (Å²) >= 11 is 0. The minimum absolute atomic E-state index is 0.0747. The molecule has 15 heavy (non-hydrogen) atoms. The van der Waals surface area contributed by atoms with Crippen LogP contribution < -0.4 is 0 Å². The summed E-state index contributed by atoms with van der Waals surface area (Å²) in [6.45, 7) is 9.27. The molecule has 0 N–H and O–H groups in total. The molecule has 0 heterocycles. The van der Waals surface area contributed by atoms with E-state index in [1.165, 1.54) is 0 Å². The molecule has 2 unspecified atom stereocenters. The van der Waals surface area contributed by atoms with Crippen molar-refractivity contribution >= 4 is 5.78 Å². The van der Waals surface area contributed by atoms with Crippen LogP contribution in [-0.4, -0.2) is 18.0 Å². The highest BCUT2D eigenvalue weighted by atomic mass is 16.5. The molecule has 0 spiro atoms. The molecule has 0 saturated heterocycles. The van der Waals surface area contributed by atoms with E-state index in [1.807, 2.05) is 0 Å². The van der Waals surface area contributed by atoms with E-state index in [4.69, 9.17) is 4.74 Å². The zero-order valence-electron chi connectivity index (χ0n) is 10.6. The molecule has 0 aliphatic heterocycles. The van der Waals surface area contributed by atoms with E-state index in [2.05, 4.69) is 27.7 Å². The molecule has 2 nitrogen and oxygen atoms in total. The number of carbonyl (C=O) groups excluding carboxylic acids is 1. The number of rotatable bonds is 4. The van der Waals surface area contributed by atoms with Gasteiger partial charge in [-0.25, -0.2) is 0 Å². The molecule has 1 aliphatic rings. The Morgan fingerprint density at radius 3 is 2.53 bits per heavy atom. The molecule has 1 saturated carbocycles. The van der Waals surface area contributed by atoms with Gasteiger partial charge in [-0.3, -0.25) is 4.79 Å². The van der Waals surface area contributed by atoms with E-state index in [-0.39, 0.29) is 11.0 Å². The lowest BCUT2D eigenvalue weighted by Gasteiger charge is -2.43. The molecule has 0 aromatic heterocycles. The van der Waals surface area contributed by atoms with Crippen molar-refractivity contribution in [2.24, 2.45) is 5.41 Å². The van der Waals surface area contributed by atoms with Crippen LogP contribution in [0, 0.1) is 5.41 Å². The number of ether oxygens (including phenoxy) is 1. The summed E-state index contributed by atoms with van der Waals surface area (Å²) in [6.07, 6.45) is 4.44. The van der Waals surface area contributed by atoms with Gasteiger partial charge in [0.25, 0.3) is 0 Å². The zero-order valence-corrected chi connectivity index (χ0v) is 10.6. The van der Waals surface area contributed by atoms with Gasteiger partial charge in [-0.2, -0.15) is 0 Å². The number of Topliss-reactive ketones (excluding diaryl/α,β-unsaturated/α-hetero) is 1. The summed E-state index contributed by atoms with van der Waals surface area (Å²) in [5.74, 6) is 0.419. The Bertz CT molecular complexity index is 237. The number of hydrogen-bond donors (Lipinski definition) is 0. The largest absolute Gasteiger partial charge is 0.375 e. The predicted molar refractivity (Wildman–Crippen MR) is 61.9 cm³/mol. The van der Waals surface area contributed by atoms with Crippen molar-refractivity contribution in [3.63, 3.8) is 0 Å². The van der Waals surface area contributed by atoms with Crippen LogP contribution in [0.15, 0.2) is 0 Å². The van der Waals surface area contributed by atoms with E-state index in [0.717, 1.165) is 32.3 Å². The van der Waals surface area contributed by atoms with Gasteiger partial charge in [0, 0.05) is 18.4 Å². The average molecular weight is 212 g/mol. The van der Waals surface area contributed by atoms with Crippen LogP contribution in [0.1, 0.15) is 59.8 Å². The SMILES string of the molecule is CCCOC1(C)CCC(=O)C(C)(CC)C1. The highest BCUT2D eigenvalue weighted by Crippen LogP contribution is 2.42. The Kier molecular flexibility index (Phi) is 3.93. The molecular formula is C13H24O2. The van der Waals surface area contributed by atoms with E-state index in [9.17, 15) is 4.79 Å². The van der Waals surface area contributed by atoms with Crippen LogP contribution in [0.5, 0.6) is 0 Å². The Labute approximate surface area is 93.4 Å². The van der Waals surface area contributed by atoms with Gasteiger partial charge in [0.15, 0.2) is 0 Å². The summed E-state index contributed by atoms with van der Waals surface area (Å²) in [7, 11) is 0. The highest BCUT2D eigenvalue weighted by molar-refractivity contribution is 5.85. The second kappa shape index (κ2) is 4.65. The third kappa shape index (κ3) is 2.81. The normalized spacial score (nSPS) is 36.9. The fourth-order valence-electron chi connectivity index (χ4n) is 2.49. The highest BCUT2D eigenvalue weighted by Gasteiger charge is 2.44. The number of ketones is 1. The van der Waals surface area contributed by atoms with Crippen LogP contribution in [-0.2, 0) is 9.53 Å². The van der Waals surface area contributed by atoms with Crippen molar-refractivity contribution in [2.75, 3.05) is 6.61 Å². The lowest BCUT2D eigenvalue weighted by Crippen LogP contribution is -2.45. The van der Waals surface area contributed by atoms with Gasteiger partial charge >= 0.3 is 0 Å². The van der Waals surface area contributed by atoms with Crippen molar-refractivity contribution in [3.05, 3.63) is 0 Å². The predicted octanol–water partition coefficient (Wildman–Crippen LogP) is 3.34. The third-order valence-corrected chi connectivity index (χ3v) is 3.75. The van der Waals surface area contributed by atoms with Crippen molar-refractivity contribution in [1.29, 1.82) is 0 Å². The monoisotopic (exact) mass is 212 g/mol. The summed E-state index contributed by atoms with van der Waals surface area (Å²) in [5.41, 5.74) is -0.227. The minimum atomic E-state index is -0.152. The van der Waals surface area contributed by atoms with Gasteiger partial charge in [-0.15, -0.1) is 0 Å². The maximum atomic E-state index is 11.9. The van der Waals surface area contributed by atoms with Crippen LogP contribution in [0.25, 0.3) is 0 Å². The molecular weight excluding hydrogens is 188 g/mol. The molecule has 1 rings (SSSR count). The van der Waals surface area contributed by atoms with Gasteiger partial charge < -0.3 is 4.74 Å². The molecule has 2 heteroatoms. The Hall–Kier alpha value is -0.370. The van der Waals surface area contributed by atoms with Crippen LogP contribution in [0.4, 0.5) is 0 Å². The van der Waals surface area contributed by atoms with E-state index < -0.39 is 0 Å². The number of carbonyl (C=O) groups is 1. The fourth-order valence-corrected chi connectivity index (χ4v) is 2.49. The first-order chi connectivity index (χ1) is 6.96. The van der Waals surface area contributed by atoms with Crippen molar-refractivity contribution in [2.45, 2.75) is 65.4 Å². The van der Waals surface area contributed by atoms with Crippen LogP contribution in [0.2, 0.25) is 0 Å². The second-order valence-corrected chi connectivity index (χ2v) is 5.31. The van der Waals surface area contributed by atoms with Gasteiger partial charge in [0.05, 0.1) is 5.60 Å². The molecule has 0 aromatic carbocycles.